The molecule has 1 rings (SSSR count). The van der Waals surface area contributed by atoms with Gasteiger partial charge in [0, 0.05) is 4.47 Å². The summed E-state index contributed by atoms with van der Waals surface area (Å²) < 4.78 is 49.8. The second kappa shape index (κ2) is 3.96. The normalized spacial score (nSPS) is 11.0. The lowest BCUT2D eigenvalue weighted by Crippen LogP contribution is -1.97. The topological polar surface area (TPSA) is 0 Å². The number of rotatable bonds is 1. The molecule has 0 amide bonds. The maximum atomic E-state index is 13.0. The lowest BCUT2D eigenvalue weighted by molar-refractivity contribution is 0.140. The standard InChI is InChI=1S/C7H2Br2F4/c8-2-1-3(10)4(7(12)13)6(11)5(2)9/h1,7H. The van der Waals surface area contributed by atoms with Gasteiger partial charge in [-0.3, -0.25) is 0 Å². The lowest BCUT2D eigenvalue weighted by Gasteiger charge is -2.06. The Morgan fingerprint density at radius 3 is 2.15 bits per heavy atom. The first-order valence-corrected chi connectivity index (χ1v) is 4.64. The molecule has 0 fully saturated rings. The molecule has 6 heteroatoms. The van der Waals surface area contributed by atoms with Crippen molar-refractivity contribution >= 4 is 31.9 Å². The summed E-state index contributed by atoms with van der Waals surface area (Å²) in [6, 6.07) is 0.786. The number of hydrogen-bond donors (Lipinski definition) is 0. The highest BCUT2D eigenvalue weighted by Gasteiger charge is 2.22. The second-order valence-corrected chi connectivity index (χ2v) is 3.83. The second-order valence-electron chi connectivity index (χ2n) is 2.18. The van der Waals surface area contributed by atoms with E-state index in [0.29, 0.717) is 0 Å². The SMILES string of the molecule is Fc1cc(Br)c(Br)c(F)c1C(F)F. The summed E-state index contributed by atoms with van der Waals surface area (Å²) in [5.41, 5.74) is -1.21. The highest BCUT2D eigenvalue weighted by atomic mass is 79.9. The van der Waals surface area contributed by atoms with Crippen molar-refractivity contribution < 1.29 is 17.6 Å². The molecule has 0 aromatic heterocycles. The van der Waals surface area contributed by atoms with Crippen molar-refractivity contribution in [1.29, 1.82) is 0 Å². The minimum absolute atomic E-state index is 0.0619. The number of benzene rings is 1. The van der Waals surface area contributed by atoms with Gasteiger partial charge in [0.15, 0.2) is 0 Å². The molecule has 0 heterocycles. The monoisotopic (exact) mass is 320 g/mol. The average Bonchev–Trinajstić information content (AvgIpc) is 1.99. The Morgan fingerprint density at radius 1 is 1.15 bits per heavy atom. The smallest absolute Gasteiger partial charge is 0.206 e. The van der Waals surface area contributed by atoms with E-state index >= 15 is 0 Å². The van der Waals surface area contributed by atoms with Crippen molar-refractivity contribution in [2.45, 2.75) is 6.43 Å². The molecule has 1 aromatic carbocycles. The van der Waals surface area contributed by atoms with Crippen LogP contribution in [0.5, 0.6) is 0 Å². The fraction of sp³-hybridized carbons (Fsp3) is 0.143. The van der Waals surface area contributed by atoms with Crippen molar-refractivity contribution in [3.05, 3.63) is 32.2 Å². The molecule has 0 saturated heterocycles. The first-order valence-electron chi connectivity index (χ1n) is 3.06. The van der Waals surface area contributed by atoms with Gasteiger partial charge in [-0.1, -0.05) is 0 Å². The highest BCUT2D eigenvalue weighted by molar-refractivity contribution is 9.13. The Bertz CT molecular complexity index is 338. The third kappa shape index (κ3) is 2.04. The van der Waals surface area contributed by atoms with Crippen LogP contribution < -0.4 is 0 Å². The molecule has 0 saturated carbocycles. The summed E-state index contributed by atoms with van der Waals surface area (Å²) in [6.07, 6.45) is -3.16. The molecule has 0 N–H and O–H groups in total. The molecule has 0 aliphatic heterocycles. The summed E-state index contributed by atoms with van der Waals surface area (Å²) in [7, 11) is 0. The maximum absolute atomic E-state index is 13.0. The number of alkyl halides is 2. The predicted octanol–water partition coefficient (Wildman–Crippen LogP) is 4.43. The van der Waals surface area contributed by atoms with Gasteiger partial charge in [-0.05, 0) is 37.9 Å². The Balaban J connectivity index is 3.44. The Hall–Kier alpha value is -0.100. The molecule has 0 bridgehead atoms. The van der Waals surface area contributed by atoms with Crippen LogP contribution >= 0.6 is 31.9 Å². The van der Waals surface area contributed by atoms with Gasteiger partial charge >= 0.3 is 0 Å². The summed E-state index contributed by atoms with van der Waals surface area (Å²) in [6.45, 7) is 0. The first-order chi connectivity index (χ1) is 5.95. The third-order valence-electron chi connectivity index (χ3n) is 1.37. The van der Waals surface area contributed by atoms with Crippen molar-refractivity contribution in [1.82, 2.24) is 0 Å². The van der Waals surface area contributed by atoms with Crippen LogP contribution in [0.25, 0.3) is 0 Å². The van der Waals surface area contributed by atoms with Gasteiger partial charge in [0.05, 0.1) is 10.0 Å². The van der Waals surface area contributed by atoms with Crippen LogP contribution in [0.3, 0.4) is 0 Å². The molecule has 0 atom stereocenters. The molecule has 13 heavy (non-hydrogen) atoms. The van der Waals surface area contributed by atoms with E-state index in [1.54, 1.807) is 0 Å². The van der Waals surface area contributed by atoms with Crippen LogP contribution in [0, 0.1) is 11.6 Å². The average molecular weight is 322 g/mol. The van der Waals surface area contributed by atoms with Crippen LogP contribution in [0.15, 0.2) is 15.0 Å². The van der Waals surface area contributed by atoms with Gasteiger partial charge < -0.3 is 0 Å². The largest absolute Gasteiger partial charge is 0.269 e. The van der Waals surface area contributed by atoms with Gasteiger partial charge in [0.25, 0.3) is 6.43 Å². The zero-order valence-electron chi connectivity index (χ0n) is 5.92. The van der Waals surface area contributed by atoms with Crippen LogP contribution in [0.4, 0.5) is 17.6 Å². The van der Waals surface area contributed by atoms with E-state index in [0.717, 1.165) is 6.07 Å². The van der Waals surface area contributed by atoms with Crippen LogP contribution in [-0.2, 0) is 0 Å². The van der Waals surface area contributed by atoms with E-state index in [1.807, 2.05) is 0 Å². The van der Waals surface area contributed by atoms with Crippen LogP contribution in [0.2, 0.25) is 0 Å². The van der Waals surface area contributed by atoms with Gasteiger partial charge in [-0.15, -0.1) is 0 Å². The summed E-state index contributed by atoms with van der Waals surface area (Å²) in [4.78, 5) is 0. The van der Waals surface area contributed by atoms with E-state index in [9.17, 15) is 17.6 Å². The zero-order valence-corrected chi connectivity index (χ0v) is 9.09. The molecular weight excluding hydrogens is 320 g/mol. The van der Waals surface area contributed by atoms with Gasteiger partial charge in [-0.25, -0.2) is 17.6 Å². The maximum Gasteiger partial charge on any atom is 0.269 e. The van der Waals surface area contributed by atoms with E-state index < -0.39 is 23.6 Å². The van der Waals surface area contributed by atoms with E-state index in [2.05, 4.69) is 31.9 Å². The third-order valence-corrected chi connectivity index (χ3v) is 3.30. The van der Waals surface area contributed by atoms with Crippen LogP contribution in [0.1, 0.15) is 12.0 Å². The fourth-order valence-electron chi connectivity index (χ4n) is 0.780. The molecular formula is C7H2Br2F4. The summed E-state index contributed by atoms with van der Waals surface area (Å²) >= 11 is 5.52. The number of hydrogen-bond acceptors (Lipinski definition) is 0. The molecule has 0 aliphatic carbocycles. The van der Waals surface area contributed by atoms with E-state index in [-0.39, 0.29) is 8.95 Å². The molecule has 0 spiro atoms. The molecule has 0 aliphatic rings. The predicted molar refractivity (Wildman–Crippen MR) is 46.7 cm³/mol. The van der Waals surface area contributed by atoms with E-state index in [1.165, 1.54) is 0 Å². The van der Waals surface area contributed by atoms with Gasteiger partial charge in [0.1, 0.15) is 11.6 Å². The minimum atomic E-state index is -3.16. The molecule has 0 unspecified atom stereocenters. The zero-order chi connectivity index (χ0) is 10.2. The molecule has 0 nitrogen and oxygen atoms in total. The van der Waals surface area contributed by atoms with Crippen molar-refractivity contribution in [2.24, 2.45) is 0 Å². The van der Waals surface area contributed by atoms with Crippen LogP contribution in [-0.4, -0.2) is 0 Å². The highest BCUT2D eigenvalue weighted by Crippen LogP contribution is 2.34. The van der Waals surface area contributed by atoms with Crippen molar-refractivity contribution in [3.8, 4) is 0 Å². The fourth-order valence-corrected chi connectivity index (χ4v) is 1.48. The van der Waals surface area contributed by atoms with Gasteiger partial charge in [0.2, 0.25) is 0 Å². The van der Waals surface area contributed by atoms with Gasteiger partial charge in [-0.2, -0.15) is 0 Å². The Kier molecular flexibility index (Phi) is 3.34. The van der Waals surface area contributed by atoms with E-state index in [4.69, 9.17) is 0 Å². The summed E-state index contributed by atoms with van der Waals surface area (Å²) in [5.74, 6) is -2.54. The number of halogens is 6. The quantitative estimate of drug-likeness (QED) is 0.408. The molecule has 0 radical (unpaired) electrons. The summed E-state index contributed by atoms with van der Waals surface area (Å²) in [5, 5.41) is 0. The Labute approximate surface area is 88.2 Å². The lowest BCUT2D eigenvalue weighted by atomic mass is 10.2. The Morgan fingerprint density at radius 2 is 1.69 bits per heavy atom. The minimum Gasteiger partial charge on any atom is -0.206 e. The molecule has 72 valence electrons. The first kappa shape index (κ1) is 11.0. The van der Waals surface area contributed by atoms with Crippen molar-refractivity contribution in [3.63, 3.8) is 0 Å². The molecule has 1 aromatic rings. The van der Waals surface area contributed by atoms with Crippen molar-refractivity contribution in [2.75, 3.05) is 0 Å².